The Bertz CT molecular complexity index is 449. The highest BCUT2D eigenvalue weighted by Crippen LogP contribution is 2.32. The van der Waals surface area contributed by atoms with Crippen molar-refractivity contribution in [3.05, 3.63) is 28.2 Å². The molecule has 0 aliphatic heterocycles. The lowest BCUT2D eigenvalue weighted by Crippen LogP contribution is -2.36. The molecule has 0 heterocycles. The van der Waals surface area contributed by atoms with Crippen LogP contribution in [0.2, 0.25) is 0 Å². The van der Waals surface area contributed by atoms with Crippen molar-refractivity contribution in [1.29, 1.82) is 0 Å². The van der Waals surface area contributed by atoms with E-state index in [1.807, 2.05) is 0 Å². The molecule has 0 radical (unpaired) electrons. The average Bonchev–Trinajstić information content (AvgIpc) is 2.30. The van der Waals surface area contributed by atoms with Crippen LogP contribution in [0, 0.1) is 0 Å². The molecule has 2 nitrogen and oxygen atoms in total. The quantitative estimate of drug-likeness (QED) is 0.604. The molecule has 0 fully saturated rings. The molecule has 0 N–H and O–H groups in total. The minimum Gasteiger partial charge on any atom is -0.493 e. The second kappa shape index (κ2) is 5.69. The molecule has 0 aromatic heterocycles. The minimum atomic E-state index is -4.73. The summed E-state index contributed by atoms with van der Waals surface area (Å²) in [5, 5.41) is 0. The fourth-order valence-corrected chi connectivity index (χ4v) is 1.60. The van der Waals surface area contributed by atoms with Gasteiger partial charge in [0.2, 0.25) is 5.78 Å². The first-order chi connectivity index (χ1) is 8.30. The van der Waals surface area contributed by atoms with Gasteiger partial charge < -0.3 is 4.74 Å². The third-order valence-corrected chi connectivity index (χ3v) is 2.56. The maximum atomic E-state index is 13.0. The third kappa shape index (κ3) is 3.01. The van der Waals surface area contributed by atoms with E-state index in [9.17, 15) is 22.4 Å². The van der Waals surface area contributed by atoms with Crippen LogP contribution in [0.1, 0.15) is 17.3 Å². The van der Waals surface area contributed by atoms with Crippen LogP contribution in [0.3, 0.4) is 0 Å². The summed E-state index contributed by atoms with van der Waals surface area (Å²) in [6.07, 6.45) is -4.06. The maximum absolute atomic E-state index is 13.0. The zero-order chi connectivity index (χ0) is 13.9. The zero-order valence-electron chi connectivity index (χ0n) is 9.22. The van der Waals surface area contributed by atoms with Gasteiger partial charge in [-0.15, -0.1) is 0 Å². The summed E-state index contributed by atoms with van der Waals surface area (Å²) in [6, 6.07) is 3.76. The van der Waals surface area contributed by atoms with Crippen molar-refractivity contribution in [2.75, 3.05) is 6.61 Å². The number of halogens is 5. The van der Waals surface area contributed by atoms with E-state index in [4.69, 9.17) is 4.74 Å². The van der Waals surface area contributed by atoms with Crippen molar-refractivity contribution in [3.8, 4) is 5.75 Å². The van der Waals surface area contributed by atoms with E-state index in [1.165, 1.54) is 12.1 Å². The average molecular weight is 329 g/mol. The van der Waals surface area contributed by atoms with Gasteiger partial charge in [0.1, 0.15) is 5.75 Å². The van der Waals surface area contributed by atoms with Crippen molar-refractivity contribution in [2.45, 2.75) is 19.3 Å². The highest BCUT2D eigenvalue weighted by atomic mass is 79.9. The molecule has 1 aromatic carbocycles. The molecule has 18 heavy (non-hydrogen) atoms. The number of alkyl halides is 4. The van der Waals surface area contributed by atoms with E-state index in [2.05, 4.69) is 15.9 Å². The maximum Gasteiger partial charge on any atom is 0.369 e. The van der Waals surface area contributed by atoms with E-state index >= 15 is 0 Å². The van der Waals surface area contributed by atoms with E-state index in [0.29, 0.717) is 4.47 Å². The molecule has 1 aromatic rings. The van der Waals surface area contributed by atoms with Crippen LogP contribution in [0.15, 0.2) is 22.7 Å². The predicted octanol–water partition coefficient (Wildman–Crippen LogP) is 3.93. The van der Waals surface area contributed by atoms with Crippen molar-refractivity contribution in [3.63, 3.8) is 0 Å². The molecule has 100 valence electrons. The van der Waals surface area contributed by atoms with Crippen LogP contribution in [-0.2, 0) is 0 Å². The van der Waals surface area contributed by atoms with Gasteiger partial charge >= 0.3 is 12.3 Å². The number of rotatable bonds is 5. The number of hydrogen-bond acceptors (Lipinski definition) is 2. The zero-order valence-corrected chi connectivity index (χ0v) is 10.8. The van der Waals surface area contributed by atoms with E-state index in [0.717, 1.165) is 6.07 Å². The summed E-state index contributed by atoms with van der Waals surface area (Å²) >= 11 is 2.98. The molecule has 0 saturated carbocycles. The van der Waals surface area contributed by atoms with Crippen LogP contribution in [-0.4, -0.2) is 24.7 Å². The second-order valence-electron chi connectivity index (χ2n) is 3.33. The number of hydrogen-bond donors (Lipinski definition) is 0. The molecule has 0 bridgehead atoms. The molecule has 0 aliphatic carbocycles. The Labute approximate surface area is 109 Å². The summed E-state index contributed by atoms with van der Waals surface area (Å²) in [5.41, 5.74) is -0.573. The van der Waals surface area contributed by atoms with Gasteiger partial charge in [0.15, 0.2) is 0 Å². The third-order valence-electron chi connectivity index (χ3n) is 2.06. The van der Waals surface area contributed by atoms with Crippen molar-refractivity contribution in [2.24, 2.45) is 0 Å². The Morgan fingerprint density at radius 2 is 2.06 bits per heavy atom. The van der Waals surface area contributed by atoms with Crippen molar-refractivity contribution < 1.29 is 27.1 Å². The first kappa shape index (κ1) is 14.9. The molecular weight excluding hydrogens is 320 g/mol. The smallest absolute Gasteiger partial charge is 0.369 e. The molecule has 0 saturated heterocycles. The van der Waals surface area contributed by atoms with E-state index in [1.54, 1.807) is 6.92 Å². The molecule has 0 unspecified atom stereocenters. The molecule has 0 aliphatic rings. The first-order valence-electron chi connectivity index (χ1n) is 4.93. The van der Waals surface area contributed by atoms with Crippen LogP contribution >= 0.6 is 15.9 Å². The van der Waals surface area contributed by atoms with Gasteiger partial charge in [-0.1, -0.05) is 15.9 Å². The summed E-state index contributed by atoms with van der Waals surface area (Å²) in [5.74, 6) is -6.83. The summed E-state index contributed by atoms with van der Waals surface area (Å²) in [6.45, 7) is 1.71. The lowest BCUT2D eigenvalue weighted by atomic mass is 10.0. The van der Waals surface area contributed by atoms with Gasteiger partial charge in [-0.05, 0) is 25.1 Å². The van der Waals surface area contributed by atoms with Crippen molar-refractivity contribution in [1.82, 2.24) is 0 Å². The minimum absolute atomic E-state index is 0.127. The molecule has 0 amide bonds. The lowest BCUT2D eigenvalue weighted by Gasteiger charge is -2.16. The number of benzene rings is 1. The SMILES string of the molecule is CCOc1ccc(Br)cc1C(=O)C(F)(F)C(F)F. The van der Waals surface area contributed by atoms with Crippen LogP contribution in [0.25, 0.3) is 0 Å². The summed E-state index contributed by atoms with van der Waals surface area (Å²) in [7, 11) is 0. The lowest BCUT2D eigenvalue weighted by molar-refractivity contribution is -0.0959. The fourth-order valence-electron chi connectivity index (χ4n) is 1.24. The normalized spacial score (nSPS) is 11.7. The van der Waals surface area contributed by atoms with E-state index in [-0.39, 0.29) is 12.4 Å². The van der Waals surface area contributed by atoms with E-state index < -0.39 is 23.7 Å². The molecule has 0 atom stereocenters. The monoisotopic (exact) mass is 328 g/mol. The van der Waals surface area contributed by atoms with Gasteiger partial charge in [0.25, 0.3) is 0 Å². The van der Waals surface area contributed by atoms with Gasteiger partial charge in [-0.25, -0.2) is 8.78 Å². The Morgan fingerprint density at radius 1 is 1.44 bits per heavy atom. The molecule has 1 rings (SSSR count). The fraction of sp³-hybridized carbons (Fsp3) is 0.364. The highest BCUT2D eigenvalue weighted by molar-refractivity contribution is 9.10. The number of ketones is 1. The number of carbonyl (C=O) groups is 1. The van der Waals surface area contributed by atoms with Gasteiger partial charge in [0.05, 0.1) is 12.2 Å². The van der Waals surface area contributed by atoms with Gasteiger partial charge in [0, 0.05) is 4.47 Å². The molecular formula is C11H9BrF4O2. The predicted molar refractivity (Wildman–Crippen MR) is 60.6 cm³/mol. The largest absolute Gasteiger partial charge is 0.493 e. The summed E-state index contributed by atoms with van der Waals surface area (Å²) in [4.78, 5) is 11.4. The molecule has 7 heteroatoms. The highest BCUT2D eigenvalue weighted by Gasteiger charge is 2.49. The van der Waals surface area contributed by atoms with Gasteiger partial charge in [-0.2, -0.15) is 8.78 Å². The van der Waals surface area contributed by atoms with Crippen LogP contribution in [0.4, 0.5) is 17.6 Å². The number of ether oxygens (including phenoxy) is 1. The first-order valence-corrected chi connectivity index (χ1v) is 5.73. The van der Waals surface area contributed by atoms with Crippen LogP contribution < -0.4 is 4.74 Å². The van der Waals surface area contributed by atoms with Crippen LogP contribution in [0.5, 0.6) is 5.75 Å². The Balaban J connectivity index is 3.23. The Kier molecular flexibility index (Phi) is 4.72. The molecule has 0 spiro atoms. The number of Topliss-reactive ketones (excluding diaryl/α,β-unsaturated/α-hetero) is 1. The van der Waals surface area contributed by atoms with Gasteiger partial charge in [-0.3, -0.25) is 4.79 Å². The second-order valence-corrected chi connectivity index (χ2v) is 4.24. The Hall–Kier alpha value is -1.11. The standard InChI is InChI=1S/C11H9BrF4O2/c1-2-18-8-4-3-6(12)5-7(8)9(17)11(15,16)10(13)14/h3-5,10H,2H2,1H3. The summed E-state index contributed by atoms with van der Waals surface area (Å²) < 4.78 is 55.6. The van der Waals surface area contributed by atoms with Crippen molar-refractivity contribution >= 4 is 21.7 Å². The topological polar surface area (TPSA) is 26.3 Å². The number of carbonyl (C=O) groups excluding carboxylic acids is 1. The Morgan fingerprint density at radius 3 is 2.56 bits per heavy atom.